The van der Waals surface area contributed by atoms with Crippen LogP contribution in [0.2, 0.25) is 0 Å². The number of ether oxygens (including phenoxy) is 3. The molecule has 0 fully saturated rings. The van der Waals surface area contributed by atoms with E-state index < -0.39 is 6.10 Å². The van der Waals surface area contributed by atoms with E-state index in [-0.39, 0.29) is 31.1 Å². The van der Waals surface area contributed by atoms with Crippen LogP contribution in [-0.4, -0.2) is 37.2 Å². The van der Waals surface area contributed by atoms with Gasteiger partial charge in [0.1, 0.15) is 13.2 Å². The first-order valence-corrected chi connectivity index (χ1v) is 24.3. The second-order valence-electron chi connectivity index (χ2n) is 16.0. The molecule has 0 saturated carbocycles. The zero-order valence-electron chi connectivity index (χ0n) is 38.0. The van der Waals surface area contributed by atoms with Crippen LogP contribution in [0.5, 0.6) is 0 Å². The molecule has 0 aliphatic carbocycles. The molecule has 58 heavy (non-hydrogen) atoms. The molecule has 1 atom stereocenters. The summed E-state index contributed by atoms with van der Waals surface area (Å²) in [5.74, 6) is -0.957. The topological polar surface area (TPSA) is 78.9 Å². The highest BCUT2D eigenvalue weighted by atomic mass is 16.6. The summed E-state index contributed by atoms with van der Waals surface area (Å²) in [6.45, 7) is 6.44. The van der Waals surface area contributed by atoms with E-state index in [9.17, 15) is 14.4 Å². The van der Waals surface area contributed by atoms with E-state index in [0.29, 0.717) is 19.3 Å². The van der Waals surface area contributed by atoms with E-state index >= 15 is 0 Å². The number of carbonyl (C=O) groups is 3. The third-order valence-corrected chi connectivity index (χ3v) is 10.2. The lowest BCUT2D eigenvalue weighted by atomic mass is 10.1. The Kier molecular flexibility index (Phi) is 44.5. The second-order valence-corrected chi connectivity index (χ2v) is 16.0. The minimum absolute atomic E-state index is 0.0947. The van der Waals surface area contributed by atoms with Gasteiger partial charge in [-0.1, -0.05) is 171 Å². The molecule has 0 aromatic carbocycles. The molecule has 0 aliphatic rings. The van der Waals surface area contributed by atoms with Crippen LogP contribution >= 0.6 is 0 Å². The molecule has 0 N–H and O–H groups in total. The third-order valence-electron chi connectivity index (χ3n) is 10.2. The summed E-state index contributed by atoms with van der Waals surface area (Å²) in [6.07, 6.45) is 56.3. The van der Waals surface area contributed by atoms with Crippen LogP contribution in [0, 0.1) is 0 Å². The zero-order valence-corrected chi connectivity index (χ0v) is 38.0. The number of hydrogen-bond acceptors (Lipinski definition) is 6. The lowest BCUT2D eigenvalue weighted by Crippen LogP contribution is -2.30. The van der Waals surface area contributed by atoms with E-state index in [1.54, 1.807) is 0 Å². The number of allylic oxidation sites excluding steroid dienone is 10. The Bertz CT molecular complexity index is 1070. The summed E-state index contributed by atoms with van der Waals surface area (Å²) < 4.78 is 16.7. The molecule has 6 heteroatoms. The van der Waals surface area contributed by atoms with Crippen LogP contribution in [0.25, 0.3) is 0 Å². The quantitative estimate of drug-likeness (QED) is 0.0264. The van der Waals surface area contributed by atoms with Gasteiger partial charge in [0.2, 0.25) is 0 Å². The van der Waals surface area contributed by atoms with Gasteiger partial charge in [-0.2, -0.15) is 0 Å². The molecule has 334 valence electrons. The molecule has 0 amide bonds. The Balaban J connectivity index is 4.44. The van der Waals surface area contributed by atoms with Crippen molar-refractivity contribution in [3.8, 4) is 0 Å². The van der Waals surface area contributed by atoms with Gasteiger partial charge in [-0.25, -0.2) is 0 Å². The van der Waals surface area contributed by atoms with Crippen LogP contribution in [0.3, 0.4) is 0 Å². The highest BCUT2D eigenvalue weighted by Gasteiger charge is 2.19. The van der Waals surface area contributed by atoms with Crippen molar-refractivity contribution in [1.29, 1.82) is 0 Å². The Morgan fingerprint density at radius 3 is 1.14 bits per heavy atom. The fourth-order valence-corrected chi connectivity index (χ4v) is 6.56. The molecule has 0 aliphatic heterocycles. The van der Waals surface area contributed by atoms with E-state index in [4.69, 9.17) is 14.2 Å². The summed E-state index contributed by atoms with van der Waals surface area (Å²) in [6, 6.07) is 0. The van der Waals surface area contributed by atoms with Crippen molar-refractivity contribution in [2.45, 2.75) is 239 Å². The van der Waals surface area contributed by atoms with Gasteiger partial charge >= 0.3 is 17.9 Å². The fraction of sp³-hybridized carbons (Fsp3) is 0.750. The molecule has 0 rings (SSSR count). The van der Waals surface area contributed by atoms with Crippen molar-refractivity contribution in [2.24, 2.45) is 0 Å². The fourth-order valence-electron chi connectivity index (χ4n) is 6.56. The van der Waals surface area contributed by atoms with Gasteiger partial charge in [0.25, 0.3) is 0 Å². The molecule has 0 bridgehead atoms. The van der Waals surface area contributed by atoms with Crippen molar-refractivity contribution in [1.82, 2.24) is 0 Å². The number of unbranched alkanes of at least 4 members (excludes halogenated alkanes) is 22. The average Bonchev–Trinajstić information content (AvgIpc) is 3.22. The van der Waals surface area contributed by atoms with E-state index in [2.05, 4.69) is 81.5 Å². The Morgan fingerprint density at radius 2 is 0.672 bits per heavy atom. The number of rotatable bonds is 43. The molecule has 0 saturated heterocycles. The first kappa shape index (κ1) is 55.1. The van der Waals surface area contributed by atoms with E-state index in [0.717, 1.165) is 89.9 Å². The Labute approximate surface area is 358 Å². The first-order chi connectivity index (χ1) is 28.5. The van der Waals surface area contributed by atoms with Crippen molar-refractivity contribution in [3.05, 3.63) is 60.8 Å². The van der Waals surface area contributed by atoms with Crippen molar-refractivity contribution in [2.75, 3.05) is 13.2 Å². The predicted octanol–water partition coefficient (Wildman–Crippen LogP) is 15.7. The maximum Gasteiger partial charge on any atom is 0.306 e. The largest absolute Gasteiger partial charge is 0.462 e. The van der Waals surface area contributed by atoms with Crippen LogP contribution in [0.1, 0.15) is 233 Å². The van der Waals surface area contributed by atoms with E-state index in [1.165, 1.54) is 103 Å². The molecule has 0 aromatic heterocycles. The molecular weight excluding hydrogens is 721 g/mol. The second kappa shape index (κ2) is 46.8. The Hall–Kier alpha value is -2.89. The van der Waals surface area contributed by atoms with Crippen LogP contribution in [-0.2, 0) is 28.6 Å². The lowest BCUT2D eigenvalue weighted by Gasteiger charge is -2.18. The van der Waals surface area contributed by atoms with Crippen LogP contribution in [0.4, 0.5) is 0 Å². The summed E-state index contributed by atoms with van der Waals surface area (Å²) >= 11 is 0. The van der Waals surface area contributed by atoms with Gasteiger partial charge in [0.05, 0.1) is 0 Å². The van der Waals surface area contributed by atoms with Crippen LogP contribution in [0.15, 0.2) is 60.8 Å². The van der Waals surface area contributed by atoms with Gasteiger partial charge in [0.15, 0.2) is 6.10 Å². The SMILES string of the molecule is CC/C=C\C/C=C\C/C=C\CCCCC(=O)OCC(COC(=O)CCCCCCCCC/C=C\CCCCCC)OC(=O)CCCCC/C=C\CCCCCCCC. The summed E-state index contributed by atoms with van der Waals surface area (Å²) in [5, 5.41) is 0. The summed E-state index contributed by atoms with van der Waals surface area (Å²) in [4.78, 5) is 37.8. The molecule has 1 unspecified atom stereocenters. The molecule has 0 heterocycles. The molecule has 0 spiro atoms. The minimum Gasteiger partial charge on any atom is -0.462 e. The summed E-state index contributed by atoms with van der Waals surface area (Å²) in [5.41, 5.74) is 0. The standard InChI is InChI=1S/C52H90O6/c1-4-7-10-13-16-19-22-25-26-28-30-33-36-39-42-45-51(54)57-48-49(47-56-50(53)44-41-38-35-32-29-24-21-18-15-12-9-6-3)58-52(55)46-43-40-37-34-31-27-23-20-17-14-11-8-5-2/h9,12,18-19,21-22,27,29,31-32,49H,4-8,10-11,13-17,20,23-26,28,30,33-48H2,1-3H3/b12-9-,21-18-,22-19-,31-27-,32-29-. The third kappa shape index (κ3) is 44.2. The van der Waals surface area contributed by atoms with Gasteiger partial charge < -0.3 is 14.2 Å². The highest BCUT2D eigenvalue weighted by molar-refractivity contribution is 5.71. The first-order valence-electron chi connectivity index (χ1n) is 24.3. The van der Waals surface area contributed by atoms with Gasteiger partial charge in [-0.05, 0) is 103 Å². The molecule has 0 radical (unpaired) electrons. The molecular formula is C52H90O6. The highest BCUT2D eigenvalue weighted by Crippen LogP contribution is 2.13. The Morgan fingerprint density at radius 1 is 0.362 bits per heavy atom. The smallest absolute Gasteiger partial charge is 0.306 e. The average molecular weight is 811 g/mol. The number of esters is 3. The van der Waals surface area contributed by atoms with Gasteiger partial charge in [-0.15, -0.1) is 0 Å². The van der Waals surface area contributed by atoms with Crippen LogP contribution < -0.4 is 0 Å². The minimum atomic E-state index is -0.797. The van der Waals surface area contributed by atoms with Crippen molar-refractivity contribution < 1.29 is 28.6 Å². The van der Waals surface area contributed by atoms with Gasteiger partial charge in [-0.3, -0.25) is 14.4 Å². The van der Waals surface area contributed by atoms with Crippen molar-refractivity contribution >= 4 is 17.9 Å². The molecule has 0 aromatic rings. The lowest BCUT2D eigenvalue weighted by molar-refractivity contribution is -0.167. The summed E-state index contributed by atoms with van der Waals surface area (Å²) in [7, 11) is 0. The van der Waals surface area contributed by atoms with E-state index in [1.807, 2.05) is 0 Å². The van der Waals surface area contributed by atoms with Crippen molar-refractivity contribution in [3.63, 3.8) is 0 Å². The maximum absolute atomic E-state index is 12.7. The normalized spacial score (nSPS) is 12.5. The van der Waals surface area contributed by atoms with Gasteiger partial charge in [0, 0.05) is 19.3 Å². The zero-order chi connectivity index (χ0) is 42.3. The molecule has 6 nitrogen and oxygen atoms in total. The maximum atomic E-state index is 12.7. The monoisotopic (exact) mass is 811 g/mol. The number of hydrogen-bond donors (Lipinski definition) is 0. The predicted molar refractivity (Wildman–Crippen MR) is 247 cm³/mol. The number of carbonyl (C=O) groups excluding carboxylic acids is 3.